The normalized spacial score (nSPS) is 13.9. The van der Waals surface area contributed by atoms with E-state index in [2.05, 4.69) is 15.5 Å². The zero-order valence-corrected chi connectivity index (χ0v) is 14.2. The minimum atomic E-state index is -0.300. The second-order valence-electron chi connectivity index (χ2n) is 5.96. The van der Waals surface area contributed by atoms with Crippen LogP contribution in [0.1, 0.15) is 39.7 Å². The molecule has 124 valence electrons. The van der Waals surface area contributed by atoms with Crippen LogP contribution in [-0.2, 0) is 13.0 Å². The lowest BCUT2D eigenvalue weighted by molar-refractivity contribution is 0.102. The summed E-state index contributed by atoms with van der Waals surface area (Å²) in [6.07, 6.45) is 2.84. The van der Waals surface area contributed by atoms with Gasteiger partial charge in [0.1, 0.15) is 16.4 Å². The van der Waals surface area contributed by atoms with E-state index in [1.165, 1.54) is 11.3 Å². The fraction of sp³-hybridized carbons (Fsp3) is 0.375. The largest absolute Gasteiger partial charge is 0.360 e. The SMILES string of the molecule is Cc1cc(NC(=O)c2sc3nc4n(c(=O)c3c2C)CCCC4)no1. The Hall–Kier alpha value is -2.48. The Balaban J connectivity index is 1.79. The van der Waals surface area contributed by atoms with Crippen LogP contribution in [0.25, 0.3) is 10.2 Å². The van der Waals surface area contributed by atoms with Crippen LogP contribution >= 0.6 is 11.3 Å². The Labute approximate surface area is 141 Å². The summed E-state index contributed by atoms with van der Waals surface area (Å²) >= 11 is 1.25. The first-order valence-electron chi connectivity index (χ1n) is 7.82. The van der Waals surface area contributed by atoms with Gasteiger partial charge in [-0.3, -0.25) is 14.2 Å². The summed E-state index contributed by atoms with van der Waals surface area (Å²) in [5.74, 6) is 1.49. The first-order valence-corrected chi connectivity index (χ1v) is 8.63. The lowest BCUT2D eigenvalue weighted by atomic mass is 10.1. The zero-order chi connectivity index (χ0) is 16.8. The van der Waals surface area contributed by atoms with Crippen molar-refractivity contribution in [3.05, 3.63) is 38.4 Å². The first kappa shape index (κ1) is 15.1. The molecule has 0 aliphatic carbocycles. The molecule has 3 aromatic heterocycles. The van der Waals surface area contributed by atoms with E-state index in [4.69, 9.17) is 4.52 Å². The smallest absolute Gasteiger partial charge is 0.267 e. The molecule has 0 fully saturated rings. The van der Waals surface area contributed by atoms with Gasteiger partial charge in [-0.25, -0.2) is 4.98 Å². The van der Waals surface area contributed by atoms with Crippen LogP contribution in [0.2, 0.25) is 0 Å². The van der Waals surface area contributed by atoms with Gasteiger partial charge in [-0.05, 0) is 32.3 Å². The molecule has 0 spiro atoms. The maximum Gasteiger partial charge on any atom is 0.267 e. The maximum absolute atomic E-state index is 12.8. The lowest BCUT2D eigenvalue weighted by Crippen LogP contribution is -2.28. The van der Waals surface area contributed by atoms with Crippen molar-refractivity contribution in [2.75, 3.05) is 5.32 Å². The molecule has 1 N–H and O–H groups in total. The number of fused-ring (bicyclic) bond motifs is 2. The Morgan fingerprint density at radius 2 is 2.21 bits per heavy atom. The van der Waals surface area contributed by atoms with Gasteiger partial charge in [-0.1, -0.05) is 5.16 Å². The van der Waals surface area contributed by atoms with E-state index < -0.39 is 0 Å². The quantitative estimate of drug-likeness (QED) is 0.772. The molecule has 3 aromatic rings. The number of aryl methyl sites for hydroxylation is 3. The third kappa shape index (κ3) is 2.34. The summed E-state index contributed by atoms with van der Waals surface area (Å²) in [5, 5.41) is 7.01. The molecule has 1 amide bonds. The number of aromatic nitrogens is 3. The molecule has 4 rings (SSSR count). The molecule has 7 nitrogen and oxygen atoms in total. The third-order valence-electron chi connectivity index (χ3n) is 4.24. The first-order chi connectivity index (χ1) is 11.5. The van der Waals surface area contributed by atoms with Crippen LogP contribution < -0.4 is 10.9 Å². The fourth-order valence-corrected chi connectivity index (χ4v) is 4.13. The van der Waals surface area contributed by atoms with Crippen LogP contribution in [-0.4, -0.2) is 20.6 Å². The van der Waals surface area contributed by atoms with E-state index >= 15 is 0 Å². The van der Waals surface area contributed by atoms with Crippen molar-refractivity contribution in [3.63, 3.8) is 0 Å². The van der Waals surface area contributed by atoms with Gasteiger partial charge in [0.25, 0.3) is 11.5 Å². The van der Waals surface area contributed by atoms with E-state index in [0.717, 1.165) is 25.1 Å². The van der Waals surface area contributed by atoms with Crippen molar-refractivity contribution in [1.82, 2.24) is 14.7 Å². The van der Waals surface area contributed by atoms with E-state index in [-0.39, 0.29) is 11.5 Å². The summed E-state index contributed by atoms with van der Waals surface area (Å²) in [6, 6.07) is 1.65. The van der Waals surface area contributed by atoms with Crippen molar-refractivity contribution < 1.29 is 9.32 Å². The molecule has 24 heavy (non-hydrogen) atoms. The molecule has 0 bridgehead atoms. The number of nitrogens with one attached hydrogen (secondary N) is 1. The van der Waals surface area contributed by atoms with Gasteiger partial charge in [0.05, 0.1) is 10.3 Å². The number of carbonyl (C=O) groups is 1. The van der Waals surface area contributed by atoms with Gasteiger partial charge < -0.3 is 9.84 Å². The predicted molar refractivity (Wildman–Crippen MR) is 90.7 cm³/mol. The number of hydrogen-bond acceptors (Lipinski definition) is 6. The molecule has 0 saturated heterocycles. The summed E-state index contributed by atoms with van der Waals surface area (Å²) in [5.41, 5.74) is 0.630. The summed E-state index contributed by atoms with van der Waals surface area (Å²) < 4.78 is 6.69. The van der Waals surface area contributed by atoms with Crippen molar-refractivity contribution in [2.45, 2.75) is 39.7 Å². The Morgan fingerprint density at radius 1 is 1.38 bits per heavy atom. The molecule has 0 radical (unpaired) electrons. The standard InChI is InChI=1S/C16H16N4O3S/c1-8-7-10(19-23-8)17-14(21)13-9(2)12-15(24-13)18-11-5-3-4-6-20(11)16(12)22/h7H,3-6H2,1-2H3,(H,17,19,21). The second kappa shape index (κ2) is 5.55. The number of amides is 1. The molecule has 0 saturated carbocycles. The number of rotatable bonds is 2. The number of anilines is 1. The van der Waals surface area contributed by atoms with Gasteiger partial charge in [0, 0.05) is 19.0 Å². The maximum atomic E-state index is 12.8. The number of hydrogen-bond donors (Lipinski definition) is 1. The van der Waals surface area contributed by atoms with Crippen LogP contribution in [0.3, 0.4) is 0 Å². The Morgan fingerprint density at radius 3 is 2.96 bits per heavy atom. The predicted octanol–water partition coefficient (Wildman–Crippen LogP) is 2.65. The van der Waals surface area contributed by atoms with Crippen LogP contribution in [0, 0.1) is 13.8 Å². The van der Waals surface area contributed by atoms with E-state index in [1.54, 1.807) is 24.5 Å². The highest BCUT2D eigenvalue weighted by Gasteiger charge is 2.23. The van der Waals surface area contributed by atoms with Gasteiger partial charge in [-0.15, -0.1) is 11.3 Å². The highest BCUT2D eigenvalue weighted by Crippen LogP contribution is 2.29. The Bertz CT molecular complexity index is 1010. The lowest BCUT2D eigenvalue weighted by Gasteiger charge is -2.16. The minimum absolute atomic E-state index is 0.0419. The topological polar surface area (TPSA) is 90.0 Å². The van der Waals surface area contributed by atoms with Crippen LogP contribution in [0.5, 0.6) is 0 Å². The van der Waals surface area contributed by atoms with E-state index in [0.29, 0.717) is 38.8 Å². The molecule has 0 aromatic carbocycles. The zero-order valence-electron chi connectivity index (χ0n) is 13.4. The molecule has 0 unspecified atom stereocenters. The van der Waals surface area contributed by atoms with Gasteiger partial charge >= 0.3 is 0 Å². The van der Waals surface area contributed by atoms with Gasteiger partial charge in [-0.2, -0.15) is 0 Å². The van der Waals surface area contributed by atoms with Crippen molar-refractivity contribution in [2.24, 2.45) is 0 Å². The van der Waals surface area contributed by atoms with Crippen molar-refractivity contribution in [3.8, 4) is 0 Å². The van der Waals surface area contributed by atoms with Crippen molar-refractivity contribution >= 4 is 33.3 Å². The molecule has 1 aliphatic rings. The summed E-state index contributed by atoms with van der Waals surface area (Å²) in [7, 11) is 0. The summed E-state index contributed by atoms with van der Waals surface area (Å²) in [6.45, 7) is 4.25. The highest BCUT2D eigenvalue weighted by molar-refractivity contribution is 7.20. The molecule has 8 heteroatoms. The number of thiophene rings is 1. The van der Waals surface area contributed by atoms with Gasteiger partial charge in [0.15, 0.2) is 5.82 Å². The highest BCUT2D eigenvalue weighted by atomic mass is 32.1. The molecule has 1 aliphatic heterocycles. The van der Waals surface area contributed by atoms with Crippen molar-refractivity contribution in [1.29, 1.82) is 0 Å². The average molecular weight is 344 g/mol. The number of nitrogens with zero attached hydrogens (tertiary/aromatic N) is 3. The van der Waals surface area contributed by atoms with Gasteiger partial charge in [0.2, 0.25) is 0 Å². The molecular formula is C16H16N4O3S. The average Bonchev–Trinajstić information content (AvgIpc) is 3.11. The van der Waals surface area contributed by atoms with E-state index in [1.807, 2.05) is 0 Å². The third-order valence-corrected chi connectivity index (χ3v) is 5.42. The fourth-order valence-electron chi connectivity index (χ4n) is 3.05. The number of carbonyl (C=O) groups excluding carboxylic acids is 1. The van der Waals surface area contributed by atoms with Crippen LogP contribution in [0.4, 0.5) is 5.82 Å². The Kier molecular flexibility index (Phi) is 3.49. The second-order valence-corrected chi connectivity index (χ2v) is 6.95. The van der Waals surface area contributed by atoms with E-state index in [9.17, 15) is 9.59 Å². The summed E-state index contributed by atoms with van der Waals surface area (Å²) in [4.78, 5) is 31.0. The molecular weight excluding hydrogens is 328 g/mol. The monoisotopic (exact) mass is 344 g/mol. The van der Waals surface area contributed by atoms with Crippen LogP contribution in [0.15, 0.2) is 15.4 Å². The molecule has 0 atom stereocenters. The minimum Gasteiger partial charge on any atom is -0.360 e. The molecule has 4 heterocycles.